The molecule has 0 bridgehead atoms. The molecule has 9 heteroatoms. The number of benzene rings is 6. The second-order valence-electron chi connectivity index (χ2n) is 17.5. The molecule has 7 heterocycles. The molecule has 0 radical (unpaired) electrons. The van der Waals surface area contributed by atoms with Crippen LogP contribution in [0, 0.1) is 0 Å². The highest BCUT2D eigenvalue weighted by Crippen LogP contribution is 2.65. The van der Waals surface area contributed by atoms with E-state index in [9.17, 15) is 0 Å². The van der Waals surface area contributed by atoms with Crippen molar-refractivity contribution in [2.45, 2.75) is 15.2 Å². The smallest absolute Gasteiger partial charge is 0.165 e. The van der Waals surface area contributed by atoms with Gasteiger partial charge in [0.2, 0.25) is 0 Å². The summed E-state index contributed by atoms with van der Waals surface area (Å²) in [7, 11) is 0. The highest BCUT2D eigenvalue weighted by Gasteiger charge is 2.53. The van der Waals surface area contributed by atoms with Crippen LogP contribution in [0.15, 0.2) is 235 Å². The summed E-state index contributed by atoms with van der Waals surface area (Å²) < 4.78 is 7.12. The van der Waals surface area contributed by atoms with Crippen molar-refractivity contribution in [3.63, 3.8) is 0 Å². The summed E-state index contributed by atoms with van der Waals surface area (Å²) in [5.41, 5.74) is 17.5. The van der Waals surface area contributed by atoms with E-state index in [0.717, 1.165) is 117 Å². The zero-order chi connectivity index (χ0) is 46.2. The van der Waals surface area contributed by atoms with Gasteiger partial charge in [-0.1, -0.05) is 109 Å². The Morgan fingerprint density at radius 3 is 1.93 bits per heavy atom. The molecule has 5 aromatic heterocycles. The zero-order valence-corrected chi connectivity index (χ0v) is 38.1. The predicted octanol–water partition coefficient (Wildman–Crippen LogP) is 14.8. The van der Waals surface area contributed by atoms with E-state index in [2.05, 4.69) is 176 Å². The predicted molar refractivity (Wildman–Crippen MR) is 277 cm³/mol. The number of pyridine rings is 4. The van der Waals surface area contributed by atoms with E-state index < -0.39 is 5.41 Å². The van der Waals surface area contributed by atoms with Crippen LogP contribution in [0.25, 0.3) is 67.4 Å². The Hall–Kier alpha value is -9.05. The molecule has 1 atom stereocenters. The lowest BCUT2D eigenvalue weighted by molar-refractivity contribution is 0.461. The van der Waals surface area contributed by atoms with E-state index in [1.165, 1.54) is 5.56 Å². The fourth-order valence-electron chi connectivity index (χ4n) is 10.7. The average Bonchev–Trinajstić information content (AvgIpc) is 3.72. The molecule has 1 aliphatic carbocycles. The molecule has 0 saturated carbocycles. The summed E-state index contributed by atoms with van der Waals surface area (Å²) >= 11 is 1.76. The van der Waals surface area contributed by atoms with Gasteiger partial charge in [-0.15, -0.1) is 0 Å². The van der Waals surface area contributed by atoms with Crippen LogP contribution in [-0.4, -0.2) is 29.9 Å². The van der Waals surface area contributed by atoms with Gasteiger partial charge >= 0.3 is 0 Å². The Morgan fingerprint density at radius 1 is 0.443 bits per heavy atom. The Morgan fingerprint density at radius 2 is 1.11 bits per heavy atom. The largest absolute Gasteiger partial charge is 0.452 e. The minimum Gasteiger partial charge on any atom is -0.452 e. The van der Waals surface area contributed by atoms with Gasteiger partial charge in [-0.3, -0.25) is 15.0 Å². The Kier molecular flexibility index (Phi) is 9.18. The number of para-hydroxylation sites is 2. The molecule has 1 unspecified atom stereocenters. The first kappa shape index (κ1) is 40.1. The maximum Gasteiger partial charge on any atom is 0.165 e. The van der Waals surface area contributed by atoms with E-state index in [-0.39, 0.29) is 0 Å². The van der Waals surface area contributed by atoms with Gasteiger partial charge in [0.05, 0.1) is 38.8 Å². The van der Waals surface area contributed by atoms with Gasteiger partial charge in [-0.05, 0) is 129 Å². The normalized spacial score (nSPS) is 14.7. The van der Waals surface area contributed by atoms with Crippen LogP contribution in [0.1, 0.15) is 22.3 Å². The lowest BCUT2D eigenvalue weighted by Crippen LogP contribution is -2.32. The third kappa shape index (κ3) is 6.18. The quantitative estimate of drug-likeness (QED) is 0.162. The lowest BCUT2D eigenvalue weighted by Gasteiger charge is -2.41. The highest BCUT2D eigenvalue weighted by atomic mass is 32.2. The van der Waals surface area contributed by atoms with Gasteiger partial charge in [0, 0.05) is 76.2 Å². The second kappa shape index (κ2) is 16.0. The molecule has 328 valence electrons. The molecule has 3 aliphatic rings. The molecule has 1 spiro atoms. The first-order valence-corrected chi connectivity index (χ1v) is 23.9. The van der Waals surface area contributed by atoms with Crippen LogP contribution in [0.3, 0.4) is 0 Å². The summed E-state index contributed by atoms with van der Waals surface area (Å²) in [5.74, 6) is 2.24. The molecule has 70 heavy (non-hydrogen) atoms. The number of hydrogen-bond donors (Lipinski definition) is 0. The first-order chi connectivity index (χ1) is 34.7. The number of rotatable bonds is 6. The topological polar surface area (TPSA) is 89.8 Å². The van der Waals surface area contributed by atoms with Crippen LogP contribution in [0.5, 0.6) is 11.5 Å². The number of nitrogens with zero attached hydrogens (tertiary/aromatic N) is 7. The summed E-state index contributed by atoms with van der Waals surface area (Å²) in [5, 5.41) is 0. The molecule has 0 amide bonds. The SMILES string of the molecule is c1cnc(-c2cccc(N3c4ccccc4Oc4c3ccc3c4Sc4ccccc4C34c3cccnc3-c3nc(-c5ccccc5-c5cc(-c6cccnc6)cc(-c6cccnc6)c5)ccc34)c2)nc1. The van der Waals surface area contributed by atoms with Gasteiger partial charge in [-0.2, -0.15) is 0 Å². The molecule has 0 saturated heterocycles. The number of fused-ring (bicyclic) bond motifs is 12. The van der Waals surface area contributed by atoms with Crippen LogP contribution in [-0.2, 0) is 5.41 Å². The van der Waals surface area contributed by atoms with E-state index in [4.69, 9.17) is 14.7 Å². The van der Waals surface area contributed by atoms with E-state index in [0.29, 0.717) is 5.82 Å². The Balaban J connectivity index is 0.954. The molecular formula is C61H37N7OS. The van der Waals surface area contributed by atoms with Crippen molar-refractivity contribution in [3.05, 3.63) is 248 Å². The van der Waals surface area contributed by atoms with Crippen LogP contribution in [0.2, 0.25) is 0 Å². The lowest BCUT2D eigenvalue weighted by atomic mass is 9.67. The number of anilines is 3. The maximum atomic E-state index is 7.12. The van der Waals surface area contributed by atoms with Gasteiger partial charge in [0.1, 0.15) is 0 Å². The van der Waals surface area contributed by atoms with Crippen LogP contribution >= 0.6 is 11.8 Å². The van der Waals surface area contributed by atoms with Crippen molar-refractivity contribution < 1.29 is 4.74 Å². The summed E-state index contributed by atoms with van der Waals surface area (Å²) in [6.07, 6.45) is 12.9. The van der Waals surface area contributed by atoms with Crippen molar-refractivity contribution in [1.82, 2.24) is 29.9 Å². The third-order valence-corrected chi connectivity index (χ3v) is 14.8. The zero-order valence-electron chi connectivity index (χ0n) is 37.3. The fourth-order valence-corrected chi connectivity index (χ4v) is 11.9. The second-order valence-corrected chi connectivity index (χ2v) is 18.5. The fraction of sp³-hybridized carbons (Fsp3) is 0.0164. The summed E-state index contributed by atoms with van der Waals surface area (Å²) in [6, 6.07) is 64.0. The average molecular weight is 916 g/mol. The van der Waals surface area contributed by atoms with Crippen molar-refractivity contribution in [1.29, 1.82) is 0 Å². The van der Waals surface area contributed by atoms with Gasteiger partial charge in [0.25, 0.3) is 0 Å². The highest BCUT2D eigenvalue weighted by molar-refractivity contribution is 7.99. The van der Waals surface area contributed by atoms with Crippen molar-refractivity contribution >= 4 is 28.8 Å². The molecule has 11 aromatic rings. The number of hydrogen-bond acceptors (Lipinski definition) is 9. The molecule has 6 aromatic carbocycles. The molecule has 8 nitrogen and oxygen atoms in total. The van der Waals surface area contributed by atoms with Crippen molar-refractivity contribution in [3.8, 4) is 78.9 Å². The Bertz CT molecular complexity index is 3810. The van der Waals surface area contributed by atoms with Gasteiger partial charge in [0.15, 0.2) is 17.3 Å². The standard InChI is InChI=1S/C61H37N7OS/c1-2-17-46(45(16-1)43-33-41(39-13-8-27-62-36-39)32-42(34-43)40-14-9-28-63-37-40)51-25-23-49-57(67-51)56-48(19-10-29-64-56)61(49)47-18-3-6-22-55(47)70-59-50(61)24-26-53-58(59)69-54-21-5-4-20-52(54)68(53)44-15-7-12-38(35-44)60-65-30-11-31-66-60/h1-37H. The molecule has 0 fully saturated rings. The van der Waals surface area contributed by atoms with E-state index >= 15 is 0 Å². The third-order valence-electron chi connectivity index (χ3n) is 13.7. The molecule has 0 N–H and O–H groups in total. The Labute approximate surface area is 408 Å². The van der Waals surface area contributed by atoms with Crippen molar-refractivity contribution in [2.75, 3.05) is 4.90 Å². The van der Waals surface area contributed by atoms with E-state index in [1.54, 1.807) is 24.2 Å². The minimum absolute atomic E-state index is 0.670. The minimum atomic E-state index is -0.747. The molecular weight excluding hydrogens is 879 g/mol. The number of ether oxygens (including phenoxy) is 1. The number of aromatic nitrogens is 6. The van der Waals surface area contributed by atoms with E-state index in [1.807, 2.05) is 61.3 Å². The van der Waals surface area contributed by atoms with Gasteiger partial charge < -0.3 is 9.64 Å². The van der Waals surface area contributed by atoms with Crippen LogP contribution < -0.4 is 9.64 Å². The molecule has 2 aliphatic heterocycles. The summed E-state index contributed by atoms with van der Waals surface area (Å²) in [4.78, 5) is 33.4. The maximum absolute atomic E-state index is 7.12. The van der Waals surface area contributed by atoms with Crippen molar-refractivity contribution in [2.24, 2.45) is 0 Å². The summed E-state index contributed by atoms with van der Waals surface area (Å²) in [6.45, 7) is 0. The monoisotopic (exact) mass is 915 g/mol. The molecule has 14 rings (SSSR count). The van der Waals surface area contributed by atoms with Crippen LogP contribution in [0.4, 0.5) is 17.1 Å². The first-order valence-electron chi connectivity index (χ1n) is 23.1. The van der Waals surface area contributed by atoms with Gasteiger partial charge in [-0.25, -0.2) is 15.0 Å².